The third-order valence-corrected chi connectivity index (χ3v) is 7.76. The SMILES string of the molecule is CC1CCCC(N(c2nc(N(C(C)C)C3CCCC(C)C3)c3ccccc3n2)C(C)C)C1. The molecule has 4 nitrogen and oxygen atoms in total. The summed E-state index contributed by atoms with van der Waals surface area (Å²) in [6, 6.07) is 10.6. The Balaban J connectivity index is 1.81. The number of benzene rings is 1. The summed E-state index contributed by atoms with van der Waals surface area (Å²) >= 11 is 0. The van der Waals surface area contributed by atoms with Crippen molar-refractivity contribution in [1.29, 1.82) is 0 Å². The van der Waals surface area contributed by atoms with E-state index in [2.05, 4.69) is 75.6 Å². The topological polar surface area (TPSA) is 32.3 Å². The van der Waals surface area contributed by atoms with Crippen molar-refractivity contribution in [2.24, 2.45) is 11.8 Å². The van der Waals surface area contributed by atoms with Crippen molar-refractivity contribution in [3.8, 4) is 0 Å². The van der Waals surface area contributed by atoms with E-state index in [4.69, 9.17) is 9.97 Å². The van der Waals surface area contributed by atoms with Gasteiger partial charge in [-0.2, -0.15) is 4.98 Å². The lowest BCUT2D eigenvalue weighted by Gasteiger charge is -2.42. The fraction of sp³-hybridized carbons (Fsp3) is 0.714. The number of fused-ring (bicyclic) bond motifs is 1. The van der Waals surface area contributed by atoms with Crippen molar-refractivity contribution in [2.45, 2.75) is 117 Å². The van der Waals surface area contributed by atoms with Gasteiger partial charge in [-0.1, -0.05) is 51.7 Å². The predicted octanol–water partition coefficient (Wildman–Crippen LogP) is 7.22. The summed E-state index contributed by atoms with van der Waals surface area (Å²) in [5, 5.41) is 1.20. The van der Waals surface area contributed by atoms with Gasteiger partial charge in [-0.15, -0.1) is 0 Å². The molecule has 4 atom stereocenters. The Hall–Kier alpha value is -1.84. The second kappa shape index (κ2) is 9.97. The molecule has 2 aliphatic carbocycles. The molecule has 0 saturated heterocycles. The van der Waals surface area contributed by atoms with E-state index >= 15 is 0 Å². The molecule has 0 radical (unpaired) electrons. The van der Waals surface area contributed by atoms with Gasteiger partial charge in [-0.05, 0) is 77.3 Å². The van der Waals surface area contributed by atoms with Crippen LogP contribution in [0.4, 0.5) is 11.8 Å². The Kier molecular flexibility index (Phi) is 7.27. The van der Waals surface area contributed by atoms with E-state index in [9.17, 15) is 0 Å². The molecule has 0 N–H and O–H groups in total. The summed E-state index contributed by atoms with van der Waals surface area (Å²) in [5.74, 6) is 3.65. The molecule has 176 valence electrons. The molecule has 1 aromatic heterocycles. The van der Waals surface area contributed by atoms with Crippen molar-refractivity contribution in [3.63, 3.8) is 0 Å². The smallest absolute Gasteiger partial charge is 0.228 e. The maximum Gasteiger partial charge on any atom is 0.228 e. The molecule has 0 spiro atoms. The van der Waals surface area contributed by atoms with Gasteiger partial charge >= 0.3 is 0 Å². The first kappa shape index (κ1) is 23.3. The zero-order valence-electron chi connectivity index (χ0n) is 21.2. The van der Waals surface area contributed by atoms with Crippen LogP contribution >= 0.6 is 0 Å². The van der Waals surface area contributed by atoms with E-state index in [0.29, 0.717) is 24.2 Å². The highest BCUT2D eigenvalue weighted by Gasteiger charge is 2.32. The summed E-state index contributed by atoms with van der Waals surface area (Å²) in [7, 11) is 0. The highest BCUT2D eigenvalue weighted by atomic mass is 15.3. The van der Waals surface area contributed by atoms with E-state index in [0.717, 1.165) is 29.1 Å². The van der Waals surface area contributed by atoms with Crippen LogP contribution in [0, 0.1) is 11.8 Å². The molecule has 32 heavy (non-hydrogen) atoms. The van der Waals surface area contributed by atoms with Crippen LogP contribution in [0.15, 0.2) is 24.3 Å². The number of hydrogen-bond acceptors (Lipinski definition) is 4. The second-order valence-electron chi connectivity index (χ2n) is 11.2. The molecular weight excluding hydrogens is 392 g/mol. The van der Waals surface area contributed by atoms with E-state index in [1.807, 2.05) is 0 Å². The fourth-order valence-corrected chi connectivity index (χ4v) is 6.32. The Morgan fingerprint density at radius 3 is 1.88 bits per heavy atom. The van der Waals surface area contributed by atoms with E-state index < -0.39 is 0 Å². The minimum Gasteiger partial charge on any atom is -0.351 e. The first-order valence-corrected chi connectivity index (χ1v) is 13.2. The van der Waals surface area contributed by atoms with Crippen molar-refractivity contribution in [2.75, 3.05) is 9.80 Å². The third-order valence-electron chi connectivity index (χ3n) is 7.76. The lowest BCUT2D eigenvalue weighted by atomic mass is 9.85. The first-order valence-electron chi connectivity index (χ1n) is 13.2. The third kappa shape index (κ3) is 4.89. The van der Waals surface area contributed by atoms with Gasteiger partial charge in [0.2, 0.25) is 5.95 Å². The molecule has 4 heteroatoms. The Morgan fingerprint density at radius 1 is 0.750 bits per heavy atom. The summed E-state index contributed by atoms with van der Waals surface area (Å²) in [6.45, 7) is 14.1. The van der Waals surface area contributed by atoms with Crippen LogP contribution in [0.5, 0.6) is 0 Å². The van der Waals surface area contributed by atoms with Gasteiger partial charge in [-0.25, -0.2) is 4.98 Å². The summed E-state index contributed by atoms with van der Waals surface area (Å²) in [4.78, 5) is 15.7. The van der Waals surface area contributed by atoms with Gasteiger partial charge in [0.05, 0.1) is 5.52 Å². The fourth-order valence-electron chi connectivity index (χ4n) is 6.32. The van der Waals surface area contributed by atoms with Crippen molar-refractivity contribution < 1.29 is 0 Å². The summed E-state index contributed by atoms with van der Waals surface area (Å²) in [5.41, 5.74) is 1.08. The molecule has 0 amide bonds. The highest BCUT2D eigenvalue weighted by molar-refractivity contribution is 5.91. The predicted molar refractivity (Wildman–Crippen MR) is 138 cm³/mol. The molecule has 0 aliphatic heterocycles. The number of nitrogens with zero attached hydrogens (tertiary/aromatic N) is 4. The molecule has 2 fully saturated rings. The van der Waals surface area contributed by atoms with Crippen molar-refractivity contribution >= 4 is 22.7 Å². The number of anilines is 2. The largest absolute Gasteiger partial charge is 0.351 e. The van der Waals surface area contributed by atoms with Crippen LogP contribution in [0.2, 0.25) is 0 Å². The average Bonchev–Trinajstić information content (AvgIpc) is 2.74. The Morgan fingerprint density at radius 2 is 1.31 bits per heavy atom. The molecular formula is C28H44N4. The van der Waals surface area contributed by atoms with Crippen molar-refractivity contribution in [1.82, 2.24) is 9.97 Å². The van der Waals surface area contributed by atoms with Gasteiger partial charge < -0.3 is 9.80 Å². The molecule has 2 aliphatic rings. The lowest BCUT2D eigenvalue weighted by Crippen LogP contribution is -2.46. The van der Waals surface area contributed by atoms with Gasteiger partial charge in [0.1, 0.15) is 5.82 Å². The quantitative estimate of drug-likeness (QED) is 0.478. The van der Waals surface area contributed by atoms with Gasteiger partial charge in [-0.3, -0.25) is 0 Å². The molecule has 4 unspecified atom stereocenters. The van der Waals surface area contributed by atoms with Crippen LogP contribution in [-0.2, 0) is 0 Å². The van der Waals surface area contributed by atoms with Crippen LogP contribution < -0.4 is 9.80 Å². The van der Waals surface area contributed by atoms with Gasteiger partial charge in [0, 0.05) is 29.6 Å². The summed E-state index contributed by atoms with van der Waals surface area (Å²) < 4.78 is 0. The van der Waals surface area contributed by atoms with Gasteiger partial charge in [0.25, 0.3) is 0 Å². The number of rotatable bonds is 6. The Labute approximate surface area is 195 Å². The standard InChI is InChI=1S/C28H44N4/c1-19(2)31(23-13-9-11-21(5)17-23)27-25-15-7-8-16-26(25)29-28(30-27)32(20(3)4)24-14-10-12-22(6)18-24/h7-8,15-16,19-24H,9-14,17-18H2,1-6H3. The van der Waals surface area contributed by atoms with Crippen LogP contribution in [0.25, 0.3) is 10.9 Å². The first-order chi connectivity index (χ1) is 15.3. The molecule has 1 heterocycles. The lowest BCUT2D eigenvalue weighted by molar-refractivity contribution is 0.316. The Bertz CT molecular complexity index is 892. The van der Waals surface area contributed by atoms with Crippen LogP contribution in [0.1, 0.15) is 92.9 Å². The average molecular weight is 437 g/mol. The highest BCUT2D eigenvalue weighted by Crippen LogP contribution is 2.37. The zero-order chi connectivity index (χ0) is 22.8. The maximum absolute atomic E-state index is 5.39. The van der Waals surface area contributed by atoms with E-state index in [1.165, 1.54) is 56.8 Å². The molecule has 0 bridgehead atoms. The van der Waals surface area contributed by atoms with Crippen LogP contribution in [-0.4, -0.2) is 34.1 Å². The monoisotopic (exact) mass is 436 g/mol. The molecule has 2 saturated carbocycles. The number of hydrogen-bond donors (Lipinski definition) is 0. The van der Waals surface area contributed by atoms with E-state index in [-0.39, 0.29) is 0 Å². The minimum absolute atomic E-state index is 0.390. The summed E-state index contributed by atoms with van der Waals surface area (Å²) in [6.07, 6.45) is 10.4. The van der Waals surface area contributed by atoms with Gasteiger partial charge in [0.15, 0.2) is 0 Å². The zero-order valence-corrected chi connectivity index (χ0v) is 21.2. The minimum atomic E-state index is 0.390. The van der Waals surface area contributed by atoms with Crippen LogP contribution in [0.3, 0.4) is 0 Å². The second-order valence-corrected chi connectivity index (χ2v) is 11.2. The van der Waals surface area contributed by atoms with E-state index in [1.54, 1.807) is 0 Å². The maximum atomic E-state index is 5.39. The number of para-hydroxylation sites is 1. The normalized spacial score (nSPS) is 26.6. The van der Waals surface area contributed by atoms with Crippen molar-refractivity contribution in [3.05, 3.63) is 24.3 Å². The molecule has 1 aromatic carbocycles. The molecule has 2 aromatic rings. The number of aromatic nitrogens is 2. The molecule has 4 rings (SSSR count).